The van der Waals surface area contributed by atoms with Crippen LogP contribution in [0.25, 0.3) is 0 Å². The highest BCUT2D eigenvalue weighted by Gasteiger charge is 2.29. The summed E-state index contributed by atoms with van der Waals surface area (Å²) in [6, 6.07) is 3.77. The number of amides is 2. The van der Waals surface area contributed by atoms with Crippen LogP contribution in [0.5, 0.6) is 0 Å². The van der Waals surface area contributed by atoms with E-state index >= 15 is 0 Å². The second-order valence-electron chi connectivity index (χ2n) is 8.01. The van der Waals surface area contributed by atoms with E-state index in [0.717, 1.165) is 32.0 Å². The number of rotatable bonds is 7. The van der Waals surface area contributed by atoms with Crippen LogP contribution in [0.3, 0.4) is 0 Å². The molecule has 2 N–H and O–H groups in total. The number of likely N-dealkylation sites (tertiary alicyclic amines) is 1. The third kappa shape index (κ3) is 6.15. The summed E-state index contributed by atoms with van der Waals surface area (Å²) in [4.78, 5) is 28.3. The van der Waals surface area contributed by atoms with E-state index in [-0.39, 0.29) is 29.0 Å². The molecule has 156 valence electrons. The van der Waals surface area contributed by atoms with Crippen LogP contribution in [-0.2, 0) is 4.79 Å². The van der Waals surface area contributed by atoms with E-state index in [1.807, 2.05) is 13.8 Å². The molecular formula is C20H29ClFN3O3. The van der Waals surface area contributed by atoms with E-state index in [9.17, 15) is 19.1 Å². The summed E-state index contributed by atoms with van der Waals surface area (Å²) in [5.74, 6) is -0.587. The molecule has 1 aliphatic rings. The minimum absolute atomic E-state index is 0.0196. The van der Waals surface area contributed by atoms with Crippen molar-refractivity contribution < 1.29 is 19.1 Å². The predicted octanol–water partition coefficient (Wildman–Crippen LogP) is 2.15. The number of hydrogen-bond acceptors (Lipinski definition) is 4. The molecule has 2 rings (SSSR count). The zero-order valence-electron chi connectivity index (χ0n) is 16.7. The van der Waals surface area contributed by atoms with E-state index in [1.165, 1.54) is 12.1 Å². The van der Waals surface area contributed by atoms with Crippen molar-refractivity contribution in [3.05, 3.63) is 34.6 Å². The fourth-order valence-electron chi connectivity index (χ4n) is 3.11. The molecule has 1 aromatic rings. The molecule has 1 heterocycles. The molecule has 1 fully saturated rings. The van der Waals surface area contributed by atoms with Crippen molar-refractivity contribution >= 4 is 23.4 Å². The SMILES string of the molecule is CN(C(=O)CN1CCC(CNC(=O)c2cc(F)cc(Cl)c2)CC1)C(C)(C)CO. The van der Waals surface area contributed by atoms with Crippen molar-refractivity contribution in [3.8, 4) is 0 Å². The van der Waals surface area contributed by atoms with Crippen molar-refractivity contribution in [2.45, 2.75) is 32.2 Å². The highest BCUT2D eigenvalue weighted by atomic mass is 35.5. The van der Waals surface area contributed by atoms with Gasteiger partial charge in [-0.15, -0.1) is 0 Å². The lowest BCUT2D eigenvalue weighted by molar-refractivity contribution is -0.137. The first-order chi connectivity index (χ1) is 13.1. The number of aliphatic hydroxyl groups excluding tert-OH is 1. The number of halogens is 2. The van der Waals surface area contributed by atoms with E-state index < -0.39 is 11.4 Å². The van der Waals surface area contributed by atoms with E-state index in [2.05, 4.69) is 10.2 Å². The fraction of sp³-hybridized carbons (Fsp3) is 0.600. The molecule has 1 aromatic carbocycles. The summed E-state index contributed by atoms with van der Waals surface area (Å²) < 4.78 is 13.4. The van der Waals surface area contributed by atoms with Gasteiger partial charge < -0.3 is 15.3 Å². The Morgan fingerprint density at radius 2 is 1.96 bits per heavy atom. The zero-order valence-corrected chi connectivity index (χ0v) is 17.4. The van der Waals surface area contributed by atoms with Crippen LogP contribution < -0.4 is 5.32 Å². The second-order valence-corrected chi connectivity index (χ2v) is 8.45. The molecule has 0 unspecified atom stereocenters. The Morgan fingerprint density at radius 3 is 2.54 bits per heavy atom. The van der Waals surface area contributed by atoms with Gasteiger partial charge in [0, 0.05) is 24.2 Å². The van der Waals surface area contributed by atoms with Crippen LogP contribution >= 0.6 is 11.6 Å². The van der Waals surface area contributed by atoms with Crippen molar-refractivity contribution in [1.29, 1.82) is 0 Å². The summed E-state index contributed by atoms with van der Waals surface area (Å²) >= 11 is 5.79. The number of carbonyl (C=O) groups is 2. The average molecular weight is 414 g/mol. The lowest BCUT2D eigenvalue weighted by atomic mass is 9.96. The van der Waals surface area contributed by atoms with Crippen LogP contribution in [0.4, 0.5) is 4.39 Å². The number of nitrogens with one attached hydrogen (secondary N) is 1. The van der Waals surface area contributed by atoms with Crippen LogP contribution in [0, 0.1) is 11.7 Å². The molecule has 0 saturated carbocycles. The Balaban J connectivity index is 1.76. The molecule has 0 aliphatic carbocycles. The first-order valence-corrected chi connectivity index (χ1v) is 9.84. The van der Waals surface area contributed by atoms with Gasteiger partial charge in [-0.2, -0.15) is 0 Å². The van der Waals surface area contributed by atoms with Crippen LogP contribution in [0.15, 0.2) is 18.2 Å². The number of benzene rings is 1. The van der Waals surface area contributed by atoms with Gasteiger partial charge in [-0.1, -0.05) is 11.6 Å². The van der Waals surface area contributed by atoms with Gasteiger partial charge in [0.15, 0.2) is 0 Å². The number of nitrogens with zero attached hydrogens (tertiary/aromatic N) is 2. The van der Waals surface area contributed by atoms with Crippen molar-refractivity contribution in [2.24, 2.45) is 5.92 Å². The quantitative estimate of drug-likeness (QED) is 0.718. The summed E-state index contributed by atoms with van der Waals surface area (Å²) in [6.45, 7) is 5.93. The highest BCUT2D eigenvalue weighted by Crippen LogP contribution is 2.19. The van der Waals surface area contributed by atoms with Crippen molar-refractivity contribution in [3.63, 3.8) is 0 Å². The smallest absolute Gasteiger partial charge is 0.251 e. The lowest BCUT2D eigenvalue weighted by Gasteiger charge is -2.37. The van der Waals surface area contributed by atoms with E-state index in [0.29, 0.717) is 19.0 Å². The van der Waals surface area contributed by atoms with Crippen molar-refractivity contribution in [2.75, 3.05) is 39.8 Å². The number of hydrogen-bond donors (Lipinski definition) is 2. The molecule has 0 radical (unpaired) electrons. The standard InChI is InChI=1S/C20H29ClFN3O3/c1-20(2,13-26)24(3)18(27)12-25-6-4-14(5-7-25)11-23-19(28)15-8-16(21)10-17(22)9-15/h8-10,14,26H,4-7,11-13H2,1-3H3,(H,23,28). The third-order valence-electron chi connectivity index (χ3n) is 5.41. The van der Waals surface area contributed by atoms with Crippen LogP contribution in [0.1, 0.15) is 37.0 Å². The van der Waals surface area contributed by atoms with Crippen LogP contribution in [-0.4, -0.2) is 72.1 Å². The number of likely N-dealkylation sites (N-methyl/N-ethyl adjacent to an activating group) is 1. The molecule has 0 spiro atoms. The Bertz CT molecular complexity index is 686. The number of piperidine rings is 1. The topological polar surface area (TPSA) is 72.9 Å². The first-order valence-electron chi connectivity index (χ1n) is 9.46. The van der Waals surface area contributed by atoms with Gasteiger partial charge in [0.25, 0.3) is 5.91 Å². The van der Waals surface area contributed by atoms with Gasteiger partial charge in [0.1, 0.15) is 5.82 Å². The monoisotopic (exact) mass is 413 g/mol. The maximum Gasteiger partial charge on any atom is 0.251 e. The third-order valence-corrected chi connectivity index (χ3v) is 5.63. The van der Waals surface area contributed by atoms with Crippen LogP contribution in [0.2, 0.25) is 5.02 Å². The normalized spacial score (nSPS) is 16.1. The maximum atomic E-state index is 13.4. The highest BCUT2D eigenvalue weighted by molar-refractivity contribution is 6.31. The summed E-state index contributed by atoms with van der Waals surface area (Å²) in [5, 5.41) is 12.4. The van der Waals surface area contributed by atoms with Gasteiger partial charge in [0.2, 0.25) is 5.91 Å². The molecular weight excluding hydrogens is 385 g/mol. The van der Waals surface area contributed by atoms with Gasteiger partial charge in [-0.25, -0.2) is 4.39 Å². The molecule has 28 heavy (non-hydrogen) atoms. The Hall–Kier alpha value is -1.70. The molecule has 8 heteroatoms. The summed E-state index contributed by atoms with van der Waals surface area (Å²) in [5.41, 5.74) is -0.373. The minimum Gasteiger partial charge on any atom is -0.394 e. The zero-order chi connectivity index (χ0) is 20.9. The van der Waals surface area contributed by atoms with Gasteiger partial charge in [-0.05, 0) is 63.9 Å². The molecule has 0 atom stereocenters. The minimum atomic E-state index is -0.584. The van der Waals surface area contributed by atoms with E-state index in [1.54, 1.807) is 11.9 Å². The molecule has 1 saturated heterocycles. The Labute approximate surface area is 170 Å². The Morgan fingerprint density at radius 1 is 1.32 bits per heavy atom. The van der Waals surface area contributed by atoms with Gasteiger partial charge in [0.05, 0.1) is 18.7 Å². The fourth-order valence-corrected chi connectivity index (χ4v) is 3.34. The largest absolute Gasteiger partial charge is 0.394 e. The molecule has 1 aliphatic heterocycles. The summed E-state index contributed by atoms with van der Waals surface area (Å²) in [6.07, 6.45) is 1.73. The maximum absolute atomic E-state index is 13.4. The average Bonchev–Trinajstić information content (AvgIpc) is 2.65. The molecule has 0 aromatic heterocycles. The first kappa shape index (κ1) is 22.6. The molecule has 2 amide bonds. The lowest BCUT2D eigenvalue weighted by Crippen LogP contribution is -2.52. The number of aliphatic hydroxyl groups is 1. The van der Waals surface area contributed by atoms with Gasteiger partial charge >= 0.3 is 0 Å². The summed E-state index contributed by atoms with van der Waals surface area (Å²) in [7, 11) is 1.71. The van der Waals surface area contributed by atoms with Gasteiger partial charge in [-0.3, -0.25) is 14.5 Å². The number of carbonyl (C=O) groups excluding carboxylic acids is 2. The predicted molar refractivity (Wildman–Crippen MR) is 107 cm³/mol. The second kappa shape index (κ2) is 9.67. The molecule has 6 nitrogen and oxygen atoms in total. The van der Waals surface area contributed by atoms with E-state index in [4.69, 9.17) is 11.6 Å². The molecule has 0 bridgehead atoms. The van der Waals surface area contributed by atoms with Crippen molar-refractivity contribution in [1.82, 2.24) is 15.1 Å². The Kier molecular flexibility index (Phi) is 7.80.